The Morgan fingerprint density at radius 2 is 1.29 bits per heavy atom. The maximum Gasteiger partial charge on any atom is 0.0440 e. The minimum atomic E-state index is 0.522. The summed E-state index contributed by atoms with van der Waals surface area (Å²) in [5, 5.41) is 0.873. The monoisotopic (exact) mass is 258 g/mol. The molecule has 0 fully saturated rings. The molecule has 0 saturated carbocycles. The highest BCUT2D eigenvalue weighted by Crippen LogP contribution is 2.22. The second-order valence-corrected chi connectivity index (χ2v) is 3.79. The van der Waals surface area contributed by atoms with Crippen molar-refractivity contribution in [2.24, 2.45) is 0 Å². The quantitative estimate of drug-likeness (QED) is 0.512. The van der Waals surface area contributed by atoms with Crippen LogP contribution in [0.2, 0.25) is 5.02 Å². The highest BCUT2D eigenvalue weighted by atomic mass is 35.5. The van der Waals surface area contributed by atoms with Gasteiger partial charge in [0.25, 0.3) is 0 Å². The lowest BCUT2D eigenvalue weighted by Gasteiger charge is -2.05. The van der Waals surface area contributed by atoms with Gasteiger partial charge in [-0.05, 0) is 17.5 Å². The summed E-state index contributed by atoms with van der Waals surface area (Å²) in [5.41, 5.74) is 1.23. The fourth-order valence-electron chi connectivity index (χ4n) is 0.943. The number of rotatable bonds is 1. The number of hydrogen-bond acceptors (Lipinski definition) is 0. The third kappa shape index (κ3) is 13.4. The molecule has 0 aliphatic heterocycles. The summed E-state index contributed by atoms with van der Waals surface area (Å²) in [5.74, 6) is 0.522. The molecule has 0 unspecified atom stereocenters. The summed E-state index contributed by atoms with van der Waals surface area (Å²) in [6.07, 6.45) is 1.25. The Labute approximate surface area is 114 Å². The summed E-state index contributed by atoms with van der Waals surface area (Å²) < 4.78 is 0. The molecule has 0 spiro atoms. The Kier molecular flexibility index (Phi) is 22.9. The molecule has 0 N–H and O–H groups in total. The highest BCUT2D eigenvalue weighted by molar-refractivity contribution is 6.31. The molecule has 102 valence electrons. The van der Waals surface area contributed by atoms with Gasteiger partial charge in [-0.1, -0.05) is 91.6 Å². The van der Waals surface area contributed by atoms with Gasteiger partial charge < -0.3 is 0 Å². The molecule has 0 nitrogen and oxygen atoms in total. The van der Waals surface area contributed by atoms with Gasteiger partial charge in [0.15, 0.2) is 0 Å². The third-order valence-corrected chi connectivity index (χ3v) is 1.87. The first-order chi connectivity index (χ1) is 8.13. The van der Waals surface area contributed by atoms with E-state index in [1.807, 2.05) is 45.9 Å². The maximum atomic E-state index is 5.92. The van der Waals surface area contributed by atoms with Crippen LogP contribution in [0.15, 0.2) is 24.3 Å². The molecule has 0 aromatic heterocycles. The maximum absolute atomic E-state index is 5.92. The molecule has 0 atom stereocenters. The fraction of sp³-hybridized carbons (Fsp3) is 0.625. The Morgan fingerprint density at radius 1 is 0.941 bits per heavy atom. The van der Waals surface area contributed by atoms with Gasteiger partial charge in [0.1, 0.15) is 0 Å². The smallest absolute Gasteiger partial charge is 0.0440 e. The zero-order valence-corrected chi connectivity index (χ0v) is 13.7. The lowest BCUT2D eigenvalue weighted by molar-refractivity contribution is 0.867. The number of halogens is 1. The summed E-state index contributed by atoms with van der Waals surface area (Å²) >= 11 is 5.92. The standard InChI is InChI=1S/C9H11Cl.C3H8.2C2H6/c1-7(2)8-5-3-4-6-9(8)10;1-3-2;2*1-2/h3-7H,1-2H3;3H2,1-2H3;2*1-2H3. The van der Waals surface area contributed by atoms with Gasteiger partial charge in [-0.3, -0.25) is 0 Å². The molecule has 0 heterocycles. The van der Waals surface area contributed by atoms with Crippen LogP contribution in [-0.2, 0) is 0 Å². The largest absolute Gasteiger partial charge is 0.0840 e. The highest BCUT2D eigenvalue weighted by Gasteiger charge is 2.01. The minimum Gasteiger partial charge on any atom is -0.0840 e. The molecule has 1 aromatic carbocycles. The van der Waals surface area contributed by atoms with Gasteiger partial charge >= 0.3 is 0 Å². The minimum absolute atomic E-state index is 0.522. The molecule has 1 heteroatoms. The summed E-state index contributed by atoms with van der Waals surface area (Å²) in [6, 6.07) is 7.96. The molecule has 0 aliphatic rings. The van der Waals surface area contributed by atoms with Gasteiger partial charge in [-0.15, -0.1) is 0 Å². The zero-order valence-electron chi connectivity index (χ0n) is 13.0. The lowest BCUT2D eigenvalue weighted by Crippen LogP contribution is -1.86. The van der Waals surface area contributed by atoms with Crippen molar-refractivity contribution in [3.8, 4) is 0 Å². The first-order valence-corrected chi connectivity index (χ1v) is 7.25. The molecule has 0 aliphatic carbocycles. The van der Waals surface area contributed by atoms with Crippen LogP contribution >= 0.6 is 11.6 Å². The summed E-state index contributed by atoms with van der Waals surface area (Å²) in [4.78, 5) is 0. The molecule has 0 radical (unpaired) electrons. The molecular formula is C16H31Cl. The van der Waals surface area contributed by atoms with Gasteiger partial charge in [0.2, 0.25) is 0 Å². The van der Waals surface area contributed by atoms with Gasteiger partial charge in [-0.2, -0.15) is 0 Å². The van der Waals surface area contributed by atoms with Gasteiger partial charge in [0.05, 0.1) is 0 Å². The third-order valence-electron chi connectivity index (χ3n) is 1.53. The van der Waals surface area contributed by atoms with Crippen molar-refractivity contribution >= 4 is 11.6 Å². The zero-order chi connectivity index (χ0) is 14.3. The van der Waals surface area contributed by atoms with Gasteiger partial charge in [-0.25, -0.2) is 0 Å². The van der Waals surface area contributed by atoms with Crippen molar-refractivity contribution < 1.29 is 0 Å². The van der Waals surface area contributed by atoms with Crippen molar-refractivity contribution in [3.05, 3.63) is 34.9 Å². The van der Waals surface area contributed by atoms with Crippen molar-refractivity contribution in [2.75, 3.05) is 0 Å². The Morgan fingerprint density at radius 3 is 1.53 bits per heavy atom. The van der Waals surface area contributed by atoms with Crippen molar-refractivity contribution in [3.63, 3.8) is 0 Å². The van der Waals surface area contributed by atoms with Crippen molar-refractivity contribution in [1.29, 1.82) is 0 Å². The summed E-state index contributed by atoms with van der Waals surface area (Å²) in [7, 11) is 0. The van der Waals surface area contributed by atoms with E-state index in [9.17, 15) is 0 Å². The van der Waals surface area contributed by atoms with Crippen molar-refractivity contribution in [1.82, 2.24) is 0 Å². The Balaban J connectivity index is -0.000000239. The van der Waals surface area contributed by atoms with E-state index in [-0.39, 0.29) is 0 Å². The van der Waals surface area contributed by atoms with Crippen LogP contribution in [0.3, 0.4) is 0 Å². The molecule has 0 saturated heterocycles. The van der Waals surface area contributed by atoms with E-state index in [4.69, 9.17) is 11.6 Å². The second kappa shape index (κ2) is 17.9. The normalized spacial score (nSPS) is 7.88. The molecule has 17 heavy (non-hydrogen) atoms. The first kappa shape index (κ1) is 21.8. The van der Waals surface area contributed by atoms with Crippen LogP contribution in [0, 0.1) is 0 Å². The number of benzene rings is 1. The molecular weight excluding hydrogens is 228 g/mol. The van der Waals surface area contributed by atoms with E-state index < -0.39 is 0 Å². The predicted octanol–water partition coefficient (Wildman–Crippen LogP) is 6.93. The van der Waals surface area contributed by atoms with E-state index in [0.717, 1.165) is 5.02 Å². The van der Waals surface area contributed by atoms with Crippen LogP contribution in [0.4, 0.5) is 0 Å². The first-order valence-electron chi connectivity index (χ1n) is 6.87. The van der Waals surface area contributed by atoms with E-state index in [0.29, 0.717) is 5.92 Å². The second-order valence-electron chi connectivity index (χ2n) is 3.38. The van der Waals surface area contributed by atoms with E-state index in [1.54, 1.807) is 0 Å². The average Bonchev–Trinajstić information content (AvgIpc) is 2.35. The fourth-order valence-corrected chi connectivity index (χ4v) is 1.30. The Hall–Kier alpha value is -0.490. The van der Waals surface area contributed by atoms with Gasteiger partial charge in [0, 0.05) is 5.02 Å². The van der Waals surface area contributed by atoms with Crippen LogP contribution in [0.1, 0.15) is 73.3 Å². The van der Waals surface area contributed by atoms with Crippen molar-refractivity contribution in [2.45, 2.75) is 67.7 Å². The Bertz CT molecular complexity index is 229. The SMILES string of the molecule is CC.CC.CC(C)c1ccccc1Cl.CCC. The van der Waals surface area contributed by atoms with Crippen LogP contribution in [0.25, 0.3) is 0 Å². The predicted molar refractivity (Wildman–Crippen MR) is 84.2 cm³/mol. The van der Waals surface area contributed by atoms with Crippen LogP contribution in [-0.4, -0.2) is 0 Å². The molecule has 0 amide bonds. The van der Waals surface area contributed by atoms with Crippen LogP contribution < -0.4 is 0 Å². The van der Waals surface area contributed by atoms with E-state index in [2.05, 4.69) is 33.8 Å². The van der Waals surface area contributed by atoms with E-state index in [1.165, 1.54) is 12.0 Å². The number of hydrogen-bond donors (Lipinski definition) is 0. The lowest BCUT2D eigenvalue weighted by atomic mass is 10.0. The van der Waals surface area contributed by atoms with Crippen LogP contribution in [0.5, 0.6) is 0 Å². The molecule has 1 rings (SSSR count). The summed E-state index contributed by atoms with van der Waals surface area (Å²) in [6.45, 7) is 16.5. The van der Waals surface area contributed by atoms with E-state index >= 15 is 0 Å². The molecule has 1 aromatic rings. The topological polar surface area (TPSA) is 0 Å². The molecule has 0 bridgehead atoms. The average molecular weight is 259 g/mol.